The van der Waals surface area contributed by atoms with E-state index in [4.69, 9.17) is 0 Å². The number of carbonyl (C=O) groups excluding carboxylic acids is 1. The molecule has 5 nitrogen and oxygen atoms in total. The molecule has 3 unspecified atom stereocenters. The molecule has 0 fully saturated rings. The zero-order valence-corrected chi connectivity index (χ0v) is 35.4. The van der Waals surface area contributed by atoms with Gasteiger partial charge >= 0.3 is 0 Å². The van der Waals surface area contributed by atoms with Gasteiger partial charge in [-0.15, -0.1) is 0 Å². The van der Waals surface area contributed by atoms with Crippen molar-refractivity contribution in [2.45, 2.75) is 257 Å². The minimum absolute atomic E-state index is 0.156. The van der Waals surface area contributed by atoms with Crippen LogP contribution in [0.15, 0.2) is 36.5 Å². The Morgan fingerprint density at radius 2 is 0.811 bits per heavy atom. The fraction of sp³-hybridized carbons (Fsp3) is 0.854. The van der Waals surface area contributed by atoms with Gasteiger partial charge in [-0.3, -0.25) is 4.79 Å². The highest BCUT2D eigenvalue weighted by Crippen LogP contribution is 2.15. The average molecular weight is 746 g/mol. The van der Waals surface area contributed by atoms with Gasteiger partial charge in [0.25, 0.3) is 0 Å². The van der Waals surface area contributed by atoms with Crippen molar-refractivity contribution in [3.8, 4) is 0 Å². The van der Waals surface area contributed by atoms with Crippen molar-refractivity contribution in [2.24, 2.45) is 0 Å². The SMILES string of the molecule is CCCCCCC/C=C/CCCC(O)C(O)C(CO)NC(=O)CCCCCCCCCCCCCCC/C=C\C/C=C\CCCCCCCCCCC. The molecular weight excluding hydrogens is 655 g/mol. The molecule has 5 heteroatoms. The maximum absolute atomic E-state index is 12.4. The molecule has 0 aliphatic rings. The minimum Gasteiger partial charge on any atom is -0.394 e. The van der Waals surface area contributed by atoms with Crippen molar-refractivity contribution < 1.29 is 20.1 Å². The summed E-state index contributed by atoms with van der Waals surface area (Å²) in [6.07, 6.45) is 54.2. The highest BCUT2D eigenvalue weighted by molar-refractivity contribution is 5.76. The molecule has 0 aliphatic heterocycles. The molecule has 3 atom stereocenters. The van der Waals surface area contributed by atoms with Crippen LogP contribution in [0.3, 0.4) is 0 Å². The van der Waals surface area contributed by atoms with Gasteiger partial charge < -0.3 is 20.6 Å². The number of nitrogens with one attached hydrogen (secondary N) is 1. The second kappa shape index (κ2) is 43.3. The monoisotopic (exact) mass is 746 g/mol. The lowest BCUT2D eigenvalue weighted by Gasteiger charge is -2.26. The Morgan fingerprint density at radius 3 is 1.21 bits per heavy atom. The molecular formula is C48H91NO4. The molecule has 0 aromatic rings. The van der Waals surface area contributed by atoms with Crippen LogP contribution in [0.5, 0.6) is 0 Å². The van der Waals surface area contributed by atoms with Crippen LogP contribution >= 0.6 is 0 Å². The predicted molar refractivity (Wildman–Crippen MR) is 231 cm³/mol. The molecule has 312 valence electrons. The first-order chi connectivity index (χ1) is 26.1. The average Bonchev–Trinajstić information content (AvgIpc) is 3.16. The van der Waals surface area contributed by atoms with E-state index in [1.54, 1.807) is 0 Å². The Labute approximate surface area is 330 Å². The smallest absolute Gasteiger partial charge is 0.220 e. The van der Waals surface area contributed by atoms with Gasteiger partial charge in [-0.25, -0.2) is 0 Å². The number of hydrogen-bond acceptors (Lipinski definition) is 4. The summed E-state index contributed by atoms with van der Waals surface area (Å²) >= 11 is 0. The fourth-order valence-corrected chi connectivity index (χ4v) is 7.08. The molecule has 4 N–H and O–H groups in total. The number of aliphatic hydroxyl groups excluding tert-OH is 3. The van der Waals surface area contributed by atoms with Gasteiger partial charge in [-0.1, -0.05) is 198 Å². The summed E-state index contributed by atoms with van der Waals surface area (Å²) in [5.41, 5.74) is 0. The first kappa shape index (κ1) is 51.6. The summed E-state index contributed by atoms with van der Waals surface area (Å²) in [6.45, 7) is 4.14. The number of amides is 1. The summed E-state index contributed by atoms with van der Waals surface area (Å²) in [6, 6.07) is -0.824. The normalized spacial score (nSPS) is 13.8. The largest absolute Gasteiger partial charge is 0.394 e. The Kier molecular flexibility index (Phi) is 42.1. The molecule has 0 saturated heterocycles. The van der Waals surface area contributed by atoms with Crippen LogP contribution in [-0.2, 0) is 4.79 Å². The number of allylic oxidation sites excluding steroid dienone is 6. The molecule has 0 spiro atoms. The highest BCUT2D eigenvalue weighted by atomic mass is 16.3. The second-order valence-corrected chi connectivity index (χ2v) is 16.0. The Bertz CT molecular complexity index is 824. The quantitative estimate of drug-likeness (QED) is 0.0370. The van der Waals surface area contributed by atoms with Gasteiger partial charge in [-0.05, 0) is 70.6 Å². The van der Waals surface area contributed by atoms with E-state index >= 15 is 0 Å². The van der Waals surface area contributed by atoms with Gasteiger partial charge in [-0.2, -0.15) is 0 Å². The molecule has 0 aliphatic carbocycles. The van der Waals surface area contributed by atoms with Crippen LogP contribution in [0.4, 0.5) is 0 Å². The molecule has 53 heavy (non-hydrogen) atoms. The number of rotatable bonds is 42. The maximum Gasteiger partial charge on any atom is 0.220 e. The van der Waals surface area contributed by atoms with Crippen LogP contribution in [0.25, 0.3) is 0 Å². The summed E-state index contributed by atoms with van der Waals surface area (Å²) in [5, 5.41) is 33.4. The summed E-state index contributed by atoms with van der Waals surface area (Å²) < 4.78 is 0. The molecule has 0 aromatic carbocycles. The number of unbranched alkanes of at least 4 members (excludes halogenated alkanes) is 28. The van der Waals surface area contributed by atoms with Crippen molar-refractivity contribution in [2.75, 3.05) is 6.61 Å². The zero-order valence-electron chi connectivity index (χ0n) is 35.4. The highest BCUT2D eigenvalue weighted by Gasteiger charge is 2.26. The Balaban J connectivity index is 3.55. The standard InChI is InChI=1S/C48H91NO4/c1-3-5-7-9-11-13-15-16-17-18-19-20-21-22-23-24-25-26-27-28-29-30-31-32-33-35-37-39-41-43-47(52)49-45(44-50)48(53)46(51)42-40-38-36-34-14-12-10-8-6-4-2/h19-20,22-23,34,36,45-46,48,50-51,53H,3-18,21,24-33,35,37-44H2,1-2H3,(H,49,52)/b20-19-,23-22-,36-34+. The molecule has 0 aromatic heterocycles. The molecule has 0 saturated carbocycles. The Morgan fingerprint density at radius 1 is 0.472 bits per heavy atom. The van der Waals surface area contributed by atoms with Crippen LogP contribution in [-0.4, -0.2) is 46.1 Å². The lowest BCUT2D eigenvalue weighted by Crippen LogP contribution is -2.50. The minimum atomic E-state index is -1.16. The maximum atomic E-state index is 12.4. The molecule has 0 bridgehead atoms. The third-order valence-electron chi connectivity index (χ3n) is 10.7. The molecule has 1 amide bonds. The molecule has 0 heterocycles. The van der Waals surface area contributed by atoms with Crippen LogP contribution in [0, 0.1) is 0 Å². The van der Waals surface area contributed by atoms with Gasteiger partial charge in [0.15, 0.2) is 0 Å². The summed E-state index contributed by atoms with van der Waals surface area (Å²) in [4.78, 5) is 12.4. The van der Waals surface area contributed by atoms with Crippen molar-refractivity contribution in [3.63, 3.8) is 0 Å². The lowest BCUT2D eigenvalue weighted by atomic mass is 10.0. The van der Waals surface area contributed by atoms with E-state index in [2.05, 4.69) is 55.6 Å². The van der Waals surface area contributed by atoms with E-state index in [1.807, 2.05) is 0 Å². The first-order valence-corrected chi connectivity index (χ1v) is 23.3. The third-order valence-corrected chi connectivity index (χ3v) is 10.7. The van der Waals surface area contributed by atoms with Crippen molar-refractivity contribution in [1.29, 1.82) is 0 Å². The van der Waals surface area contributed by atoms with Crippen LogP contribution < -0.4 is 5.32 Å². The van der Waals surface area contributed by atoms with Crippen LogP contribution in [0.2, 0.25) is 0 Å². The van der Waals surface area contributed by atoms with E-state index in [9.17, 15) is 20.1 Å². The number of hydrogen-bond donors (Lipinski definition) is 4. The van der Waals surface area contributed by atoms with E-state index in [0.29, 0.717) is 12.8 Å². The summed E-state index contributed by atoms with van der Waals surface area (Å²) in [7, 11) is 0. The molecule has 0 rings (SSSR count). The van der Waals surface area contributed by atoms with E-state index in [0.717, 1.165) is 44.9 Å². The topological polar surface area (TPSA) is 89.8 Å². The van der Waals surface area contributed by atoms with Gasteiger partial charge in [0, 0.05) is 6.42 Å². The van der Waals surface area contributed by atoms with Crippen LogP contribution in [0.1, 0.15) is 239 Å². The van der Waals surface area contributed by atoms with Gasteiger partial charge in [0.2, 0.25) is 5.91 Å². The third kappa shape index (κ3) is 38.6. The second-order valence-electron chi connectivity index (χ2n) is 16.0. The first-order valence-electron chi connectivity index (χ1n) is 23.3. The van der Waals surface area contributed by atoms with Crippen molar-refractivity contribution in [1.82, 2.24) is 5.32 Å². The van der Waals surface area contributed by atoms with Crippen molar-refractivity contribution >= 4 is 5.91 Å². The van der Waals surface area contributed by atoms with E-state index in [1.165, 1.54) is 167 Å². The lowest BCUT2D eigenvalue weighted by molar-refractivity contribution is -0.124. The predicted octanol–water partition coefficient (Wildman–Crippen LogP) is 13.5. The van der Waals surface area contributed by atoms with E-state index in [-0.39, 0.29) is 12.5 Å². The van der Waals surface area contributed by atoms with E-state index < -0.39 is 18.2 Å². The number of aliphatic hydroxyl groups is 3. The fourth-order valence-electron chi connectivity index (χ4n) is 7.08. The van der Waals surface area contributed by atoms with Gasteiger partial charge in [0.05, 0.1) is 18.8 Å². The van der Waals surface area contributed by atoms with Crippen molar-refractivity contribution in [3.05, 3.63) is 36.5 Å². The zero-order chi connectivity index (χ0) is 38.7. The molecule has 0 radical (unpaired) electrons. The summed E-state index contributed by atoms with van der Waals surface area (Å²) in [5.74, 6) is -0.156. The van der Waals surface area contributed by atoms with Gasteiger partial charge in [0.1, 0.15) is 6.10 Å². The Hall–Kier alpha value is -1.43. The number of carbonyl (C=O) groups is 1.